The Morgan fingerprint density at radius 3 is 2.70 bits per heavy atom. The number of nitrogens with one attached hydrogen (secondary N) is 1. The van der Waals surface area contributed by atoms with Gasteiger partial charge in [-0.3, -0.25) is 4.72 Å². The van der Waals surface area contributed by atoms with Crippen LogP contribution >= 0.6 is 27.5 Å². The van der Waals surface area contributed by atoms with E-state index >= 15 is 0 Å². The molecule has 1 aromatic carbocycles. The lowest BCUT2D eigenvalue weighted by Gasteiger charge is -2.09. The minimum absolute atomic E-state index is 0.141. The van der Waals surface area contributed by atoms with Crippen LogP contribution in [0.4, 0.5) is 15.8 Å². The molecule has 0 unspecified atom stereocenters. The lowest BCUT2D eigenvalue weighted by molar-refractivity contribution is 0.570. The van der Waals surface area contributed by atoms with E-state index in [0.29, 0.717) is 4.47 Å². The molecule has 106 valence electrons. The number of hydrogen-bond donors (Lipinski definition) is 2. The predicted octanol–water partition coefficient (Wildman–Crippen LogP) is 3.02. The van der Waals surface area contributed by atoms with Crippen molar-refractivity contribution in [1.82, 2.24) is 4.98 Å². The summed E-state index contributed by atoms with van der Waals surface area (Å²) in [5, 5.41) is 0.183. The Bertz CT molecular complexity index is 770. The molecule has 0 bridgehead atoms. The maximum absolute atomic E-state index is 13.6. The number of nitrogen functional groups attached to an aromatic ring is 1. The second-order valence-electron chi connectivity index (χ2n) is 3.79. The minimum atomic E-state index is -4.11. The van der Waals surface area contributed by atoms with Crippen LogP contribution in [0.2, 0.25) is 5.15 Å². The highest BCUT2D eigenvalue weighted by Gasteiger charge is 2.20. The van der Waals surface area contributed by atoms with E-state index in [2.05, 4.69) is 25.6 Å². The van der Waals surface area contributed by atoms with Crippen molar-refractivity contribution < 1.29 is 12.8 Å². The fourth-order valence-electron chi connectivity index (χ4n) is 1.41. The number of nitrogens with zero attached hydrogens (tertiary/aromatic N) is 1. The van der Waals surface area contributed by atoms with E-state index < -0.39 is 20.7 Å². The van der Waals surface area contributed by atoms with Crippen molar-refractivity contribution in [3.8, 4) is 0 Å². The molecule has 1 heterocycles. The van der Waals surface area contributed by atoms with Gasteiger partial charge >= 0.3 is 0 Å². The molecule has 5 nitrogen and oxygen atoms in total. The topological polar surface area (TPSA) is 85.1 Å². The summed E-state index contributed by atoms with van der Waals surface area (Å²) in [5.74, 6) is -0.896. The number of hydrogen-bond acceptors (Lipinski definition) is 4. The number of pyridine rings is 1. The highest BCUT2D eigenvalue weighted by molar-refractivity contribution is 9.10. The molecular weight excluding hydrogens is 373 g/mol. The first-order valence-electron chi connectivity index (χ1n) is 5.18. The fraction of sp³-hybridized carbons (Fsp3) is 0. The van der Waals surface area contributed by atoms with E-state index in [1.807, 2.05) is 0 Å². The molecule has 0 radical (unpaired) electrons. The second kappa shape index (κ2) is 5.55. The normalized spacial score (nSPS) is 11.3. The number of sulfonamides is 1. The molecule has 0 spiro atoms. The number of nitrogens with two attached hydrogens (primary N) is 1. The van der Waals surface area contributed by atoms with Crippen molar-refractivity contribution in [3.63, 3.8) is 0 Å². The lowest BCUT2D eigenvalue weighted by atomic mass is 10.3. The number of benzene rings is 1. The van der Waals surface area contributed by atoms with Crippen LogP contribution in [0.3, 0.4) is 0 Å². The van der Waals surface area contributed by atoms with E-state index in [9.17, 15) is 12.8 Å². The monoisotopic (exact) mass is 379 g/mol. The first-order valence-corrected chi connectivity index (χ1v) is 7.84. The van der Waals surface area contributed by atoms with Crippen LogP contribution in [-0.4, -0.2) is 13.4 Å². The van der Waals surface area contributed by atoms with Crippen LogP contribution < -0.4 is 10.5 Å². The molecule has 0 saturated carbocycles. The summed E-state index contributed by atoms with van der Waals surface area (Å²) in [7, 11) is -4.11. The SMILES string of the molecule is Nc1ccc(F)c(S(=O)(=O)Nc2cnc(Cl)c(Br)c2)c1. The third-order valence-corrected chi connectivity index (χ3v) is 4.82. The van der Waals surface area contributed by atoms with Crippen molar-refractivity contribution >= 4 is 48.9 Å². The number of anilines is 2. The van der Waals surface area contributed by atoms with Crippen molar-refractivity contribution in [2.24, 2.45) is 0 Å². The van der Waals surface area contributed by atoms with Gasteiger partial charge in [-0.25, -0.2) is 17.8 Å². The van der Waals surface area contributed by atoms with Crippen molar-refractivity contribution in [3.05, 3.63) is 45.9 Å². The molecule has 0 aliphatic heterocycles. The van der Waals surface area contributed by atoms with Gasteiger partial charge in [0.15, 0.2) is 0 Å². The van der Waals surface area contributed by atoms with Gasteiger partial charge in [-0.05, 0) is 40.2 Å². The van der Waals surface area contributed by atoms with E-state index in [1.54, 1.807) is 0 Å². The molecular formula is C11H8BrClFN3O2S. The van der Waals surface area contributed by atoms with Gasteiger partial charge in [0, 0.05) is 5.69 Å². The van der Waals surface area contributed by atoms with E-state index in [4.69, 9.17) is 17.3 Å². The maximum Gasteiger partial charge on any atom is 0.264 e. The van der Waals surface area contributed by atoms with Gasteiger partial charge < -0.3 is 5.73 Å². The minimum Gasteiger partial charge on any atom is -0.399 e. The highest BCUT2D eigenvalue weighted by atomic mass is 79.9. The average molecular weight is 381 g/mol. The largest absolute Gasteiger partial charge is 0.399 e. The van der Waals surface area contributed by atoms with Gasteiger partial charge in [0.25, 0.3) is 10.0 Å². The van der Waals surface area contributed by atoms with E-state index in [1.165, 1.54) is 18.3 Å². The third-order valence-electron chi connectivity index (χ3n) is 2.29. The summed E-state index contributed by atoms with van der Waals surface area (Å²) in [4.78, 5) is 3.23. The van der Waals surface area contributed by atoms with Gasteiger partial charge in [0.1, 0.15) is 15.9 Å². The van der Waals surface area contributed by atoms with Crippen LogP contribution in [0.1, 0.15) is 0 Å². The summed E-state index contributed by atoms with van der Waals surface area (Å²) < 4.78 is 40.4. The van der Waals surface area contributed by atoms with Gasteiger partial charge in [0.2, 0.25) is 0 Å². The first-order chi connectivity index (χ1) is 9.29. The van der Waals surface area contributed by atoms with Gasteiger partial charge in [-0.2, -0.15) is 0 Å². The van der Waals surface area contributed by atoms with Crippen LogP contribution in [0, 0.1) is 5.82 Å². The van der Waals surface area contributed by atoms with Crippen LogP contribution in [0.15, 0.2) is 39.8 Å². The first kappa shape index (κ1) is 15.0. The average Bonchev–Trinajstić information content (AvgIpc) is 2.36. The van der Waals surface area contributed by atoms with Crippen LogP contribution in [0.5, 0.6) is 0 Å². The molecule has 0 fully saturated rings. The van der Waals surface area contributed by atoms with E-state index in [-0.39, 0.29) is 16.5 Å². The molecule has 2 aromatic rings. The number of halogens is 3. The van der Waals surface area contributed by atoms with Gasteiger partial charge in [0.05, 0.1) is 16.4 Å². The quantitative estimate of drug-likeness (QED) is 0.633. The summed E-state index contributed by atoms with van der Waals surface area (Å²) >= 11 is 8.82. The Hall–Kier alpha value is -1.38. The Kier molecular flexibility index (Phi) is 4.17. The molecule has 3 N–H and O–H groups in total. The zero-order chi connectivity index (χ0) is 14.9. The molecule has 0 aliphatic rings. The fourth-order valence-corrected chi connectivity index (χ4v) is 3.01. The molecule has 2 rings (SSSR count). The Morgan fingerprint density at radius 2 is 2.05 bits per heavy atom. The summed E-state index contributed by atoms with van der Waals surface area (Å²) in [6.45, 7) is 0. The van der Waals surface area contributed by atoms with Crippen molar-refractivity contribution in [2.75, 3.05) is 10.5 Å². The Labute approximate surface area is 128 Å². The van der Waals surface area contributed by atoms with Crippen LogP contribution in [-0.2, 0) is 10.0 Å². The third kappa shape index (κ3) is 3.20. The predicted molar refractivity (Wildman–Crippen MR) is 78.6 cm³/mol. The Balaban J connectivity index is 2.40. The molecule has 0 amide bonds. The molecule has 9 heteroatoms. The second-order valence-corrected chi connectivity index (χ2v) is 6.66. The van der Waals surface area contributed by atoms with E-state index in [0.717, 1.165) is 12.1 Å². The van der Waals surface area contributed by atoms with Crippen molar-refractivity contribution in [2.45, 2.75) is 4.90 Å². The zero-order valence-corrected chi connectivity index (χ0v) is 12.9. The lowest BCUT2D eigenvalue weighted by Crippen LogP contribution is -2.15. The summed E-state index contributed by atoms with van der Waals surface area (Å²) in [6, 6.07) is 4.71. The molecule has 0 saturated heterocycles. The van der Waals surface area contributed by atoms with Gasteiger partial charge in [-0.15, -0.1) is 0 Å². The molecule has 0 aliphatic carbocycles. The van der Waals surface area contributed by atoms with Gasteiger partial charge in [-0.1, -0.05) is 11.6 Å². The number of rotatable bonds is 3. The molecule has 0 atom stereocenters. The highest BCUT2D eigenvalue weighted by Crippen LogP contribution is 2.25. The molecule has 20 heavy (non-hydrogen) atoms. The smallest absolute Gasteiger partial charge is 0.264 e. The zero-order valence-electron chi connectivity index (χ0n) is 9.77. The number of aromatic nitrogens is 1. The standard InChI is InChI=1S/C11H8BrClFN3O2S/c12-8-4-7(5-16-11(8)13)17-20(18,19)10-3-6(15)1-2-9(10)14/h1-5,17H,15H2. The summed E-state index contributed by atoms with van der Waals surface area (Å²) in [5.41, 5.74) is 5.75. The summed E-state index contributed by atoms with van der Waals surface area (Å²) in [6.07, 6.45) is 1.22. The maximum atomic E-state index is 13.6. The Morgan fingerprint density at radius 1 is 1.35 bits per heavy atom. The molecule has 1 aromatic heterocycles. The van der Waals surface area contributed by atoms with Crippen molar-refractivity contribution in [1.29, 1.82) is 0 Å². The van der Waals surface area contributed by atoms with Crippen LogP contribution in [0.25, 0.3) is 0 Å².